The Morgan fingerprint density at radius 2 is 1.57 bits per heavy atom. The molecule has 0 aromatic rings. The summed E-state index contributed by atoms with van der Waals surface area (Å²) in [5.74, 6) is -5.74. The molecule has 1 amide bonds. The lowest BCUT2D eigenvalue weighted by molar-refractivity contribution is -0.150. The van der Waals surface area contributed by atoms with Crippen LogP contribution in [0.15, 0.2) is 0 Å². The lowest BCUT2D eigenvalue weighted by atomic mass is 9.78. The van der Waals surface area contributed by atoms with E-state index in [2.05, 4.69) is 5.32 Å². The Morgan fingerprint density at radius 1 is 1.00 bits per heavy atom. The van der Waals surface area contributed by atoms with Gasteiger partial charge >= 0.3 is 17.9 Å². The van der Waals surface area contributed by atoms with Crippen LogP contribution < -0.4 is 5.32 Å². The van der Waals surface area contributed by atoms with Crippen molar-refractivity contribution < 1.29 is 34.5 Å². The number of hydrogen-bond acceptors (Lipinski definition) is 4. The summed E-state index contributed by atoms with van der Waals surface area (Å²) in [5.41, 5.74) is 0. The van der Waals surface area contributed by atoms with Crippen LogP contribution in [0.3, 0.4) is 0 Å². The highest BCUT2D eigenvalue weighted by atomic mass is 16.4. The minimum absolute atomic E-state index is 0.235. The van der Waals surface area contributed by atoms with Gasteiger partial charge in [-0.2, -0.15) is 0 Å². The van der Waals surface area contributed by atoms with E-state index in [0.717, 1.165) is 6.42 Å². The van der Waals surface area contributed by atoms with E-state index in [1.807, 2.05) is 0 Å². The SMILES string of the molecule is O=C(O)CC[C@H](NC(=O)[C@@H]1CCCC[C@H]1C(=O)O)C(=O)O. The first-order chi connectivity index (χ1) is 9.82. The van der Waals surface area contributed by atoms with Gasteiger partial charge in [0.05, 0.1) is 11.8 Å². The van der Waals surface area contributed by atoms with Crippen LogP contribution in [0.4, 0.5) is 0 Å². The highest BCUT2D eigenvalue weighted by Gasteiger charge is 2.37. The van der Waals surface area contributed by atoms with E-state index < -0.39 is 41.7 Å². The molecular formula is C13H19NO7. The number of amides is 1. The van der Waals surface area contributed by atoms with Crippen molar-refractivity contribution >= 4 is 23.8 Å². The molecule has 0 unspecified atom stereocenters. The molecule has 0 radical (unpaired) electrons. The average Bonchev–Trinajstić information content (AvgIpc) is 2.42. The van der Waals surface area contributed by atoms with Crippen LogP contribution in [0.5, 0.6) is 0 Å². The van der Waals surface area contributed by atoms with Gasteiger partial charge in [0.25, 0.3) is 0 Å². The fourth-order valence-corrected chi connectivity index (χ4v) is 2.54. The van der Waals surface area contributed by atoms with Crippen LogP contribution >= 0.6 is 0 Å². The van der Waals surface area contributed by atoms with E-state index in [1.54, 1.807) is 0 Å². The highest BCUT2D eigenvalue weighted by Crippen LogP contribution is 2.30. The first-order valence-corrected chi connectivity index (χ1v) is 6.80. The predicted octanol–water partition coefficient (Wildman–Crippen LogP) is 0.312. The highest BCUT2D eigenvalue weighted by molar-refractivity contribution is 5.88. The summed E-state index contributed by atoms with van der Waals surface area (Å²) < 4.78 is 0. The van der Waals surface area contributed by atoms with Gasteiger partial charge in [0.1, 0.15) is 6.04 Å². The van der Waals surface area contributed by atoms with Crippen molar-refractivity contribution in [2.45, 2.75) is 44.6 Å². The zero-order valence-corrected chi connectivity index (χ0v) is 11.4. The van der Waals surface area contributed by atoms with Crippen molar-refractivity contribution in [2.24, 2.45) is 11.8 Å². The van der Waals surface area contributed by atoms with Crippen LogP contribution in [0.1, 0.15) is 38.5 Å². The third-order valence-corrected chi connectivity index (χ3v) is 3.68. The van der Waals surface area contributed by atoms with Crippen molar-refractivity contribution in [3.63, 3.8) is 0 Å². The maximum Gasteiger partial charge on any atom is 0.326 e. The average molecular weight is 301 g/mol. The fourth-order valence-electron chi connectivity index (χ4n) is 2.54. The molecule has 118 valence electrons. The summed E-state index contributed by atoms with van der Waals surface area (Å²) in [6, 6.07) is -1.31. The van der Waals surface area contributed by atoms with E-state index in [4.69, 9.17) is 15.3 Å². The fraction of sp³-hybridized carbons (Fsp3) is 0.692. The van der Waals surface area contributed by atoms with Crippen molar-refractivity contribution in [2.75, 3.05) is 0 Å². The number of hydrogen-bond donors (Lipinski definition) is 4. The Hall–Kier alpha value is -2.12. The zero-order valence-electron chi connectivity index (χ0n) is 11.4. The molecule has 1 fully saturated rings. The molecule has 1 saturated carbocycles. The van der Waals surface area contributed by atoms with Crippen molar-refractivity contribution in [3.8, 4) is 0 Å². The number of aliphatic carboxylic acids is 3. The van der Waals surface area contributed by atoms with E-state index >= 15 is 0 Å². The lowest BCUT2D eigenvalue weighted by Gasteiger charge is -2.28. The Labute approximate surface area is 121 Å². The minimum Gasteiger partial charge on any atom is -0.481 e. The molecule has 0 heterocycles. The second-order valence-electron chi connectivity index (χ2n) is 5.17. The first kappa shape index (κ1) is 16.9. The van der Waals surface area contributed by atoms with Gasteiger partial charge in [-0.05, 0) is 19.3 Å². The lowest BCUT2D eigenvalue weighted by Crippen LogP contribution is -2.47. The van der Waals surface area contributed by atoms with Crippen molar-refractivity contribution in [1.82, 2.24) is 5.32 Å². The Morgan fingerprint density at radius 3 is 2.05 bits per heavy atom. The second kappa shape index (κ2) is 7.61. The number of rotatable bonds is 7. The molecule has 4 N–H and O–H groups in total. The van der Waals surface area contributed by atoms with Crippen LogP contribution in [0, 0.1) is 11.8 Å². The van der Waals surface area contributed by atoms with E-state index in [0.29, 0.717) is 19.3 Å². The van der Waals surface area contributed by atoms with Gasteiger partial charge in [-0.15, -0.1) is 0 Å². The largest absolute Gasteiger partial charge is 0.481 e. The van der Waals surface area contributed by atoms with Gasteiger partial charge in [0.2, 0.25) is 5.91 Å². The summed E-state index contributed by atoms with van der Waals surface area (Å²) in [6.07, 6.45) is 1.61. The first-order valence-electron chi connectivity index (χ1n) is 6.80. The maximum absolute atomic E-state index is 12.1. The zero-order chi connectivity index (χ0) is 16.0. The summed E-state index contributed by atoms with van der Waals surface area (Å²) in [6.45, 7) is 0. The Bertz CT molecular complexity index is 434. The molecule has 0 aliphatic heterocycles. The molecule has 3 atom stereocenters. The van der Waals surface area contributed by atoms with E-state index in [-0.39, 0.29) is 12.8 Å². The van der Waals surface area contributed by atoms with E-state index in [9.17, 15) is 19.2 Å². The molecule has 8 heteroatoms. The molecule has 1 rings (SSSR count). The van der Waals surface area contributed by atoms with Crippen LogP contribution in [0.2, 0.25) is 0 Å². The van der Waals surface area contributed by atoms with Crippen LogP contribution in [-0.4, -0.2) is 45.2 Å². The molecule has 0 bridgehead atoms. The van der Waals surface area contributed by atoms with Crippen LogP contribution in [0.25, 0.3) is 0 Å². The molecular weight excluding hydrogens is 282 g/mol. The van der Waals surface area contributed by atoms with Gasteiger partial charge in [-0.1, -0.05) is 12.8 Å². The molecule has 21 heavy (non-hydrogen) atoms. The number of carbonyl (C=O) groups excluding carboxylic acids is 1. The number of carboxylic acid groups (broad SMARTS) is 3. The molecule has 0 aromatic carbocycles. The molecule has 0 aromatic heterocycles. The smallest absolute Gasteiger partial charge is 0.326 e. The predicted molar refractivity (Wildman–Crippen MR) is 69.5 cm³/mol. The quantitative estimate of drug-likeness (QED) is 0.530. The van der Waals surface area contributed by atoms with Crippen LogP contribution in [-0.2, 0) is 19.2 Å². The number of carbonyl (C=O) groups is 4. The summed E-state index contributed by atoms with van der Waals surface area (Å²) in [5, 5.41) is 28.9. The van der Waals surface area contributed by atoms with E-state index in [1.165, 1.54) is 0 Å². The van der Waals surface area contributed by atoms with Gasteiger partial charge in [0.15, 0.2) is 0 Å². The molecule has 1 aliphatic rings. The summed E-state index contributed by atoms with van der Waals surface area (Å²) >= 11 is 0. The Balaban J connectivity index is 2.68. The van der Waals surface area contributed by atoms with Gasteiger partial charge < -0.3 is 20.6 Å². The monoisotopic (exact) mass is 301 g/mol. The third kappa shape index (κ3) is 5.05. The summed E-state index contributed by atoms with van der Waals surface area (Å²) in [7, 11) is 0. The number of carboxylic acids is 3. The normalized spacial score (nSPS) is 23.0. The van der Waals surface area contributed by atoms with Crippen molar-refractivity contribution in [3.05, 3.63) is 0 Å². The minimum atomic E-state index is -1.33. The molecule has 8 nitrogen and oxygen atoms in total. The third-order valence-electron chi connectivity index (χ3n) is 3.68. The second-order valence-corrected chi connectivity index (χ2v) is 5.17. The maximum atomic E-state index is 12.1. The van der Waals surface area contributed by atoms with Gasteiger partial charge in [0, 0.05) is 6.42 Å². The summed E-state index contributed by atoms with van der Waals surface area (Å²) in [4.78, 5) is 44.7. The molecule has 1 aliphatic carbocycles. The van der Waals surface area contributed by atoms with Gasteiger partial charge in [-0.3, -0.25) is 14.4 Å². The molecule has 0 saturated heterocycles. The van der Waals surface area contributed by atoms with Crippen molar-refractivity contribution in [1.29, 1.82) is 0 Å². The molecule has 0 spiro atoms. The standard InChI is InChI=1S/C13H19NO7/c15-10(16)6-5-9(13(20)21)14-11(17)7-3-1-2-4-8(7)12(18)19/h7-9H,1-6H2,(H,14,17)(H,15,16)(H,18,19)(H,20,21)/t7-,8-,9+/m1/s1. The number of nitrogens with one attached hydrogen (secondary N) is 1. The Kier molecular flexibility index (Phi) is 6.13. The topological polar surface area (TPSA) is 141 Å². The van der Waals surface area contributed by atoms with Gasteiger partial charge in [-0.25, -0.2) is 4.79 Å².